The third-order valence-electron chi connectivity index (χ3n) is 6.18. The fraction of sp³-hybridized carbons (Fsp3) is 0.960. The van der Waals surface area contributed by atoms with E-state index in [1.165, 1.54) is 96.3 Å². The van der Waals surface area contributed by atoms with Crippen LogP contribution in [0.4, 0.5) is 0 Å². The molecule has 3 unspecified atom stereocenters. The van der Waals surface area contributed by atoms with Crippen LogP contribution >= 0.6 is 0 Å². The Morgan fingerprint density at radius 3 is 1.27 bits per heavy atom. The average Bonchev–Trinajstić information content (AvgIpc) is 2.74. The zero-order valence-electron chi connectivity index (χ0n) is 19.6. The molecule has 30 heavy (non-hydrogen) atoms. The molecule has 3 atom stereocenters. The lowest BCUT2D eigenvalue weighted by atomic mass is 9.92. The highest BCUT2D eigenvalue weighted by atomic mass is 16.4. The monoisotopic (exact) mass is 430 g/mol. The van der Waals surface area contributed by atoms with Gasteiger partial charge in [0.1, 0.15) is 6.10 Å². The van der Waals surface area contributed by atoms with E-state index in [0.29, 0.717) is 6.42 Å². The third kappa shape index (κ3) is 17.1. The highest BCUT2D eigenvalue weighted by Gasteiger charge is 2.31. The second-order valence-corrected chi connectivity index (χ2v) is 8.98. The van der Waals surface area contributed by atoms with Crippen molar-refractivity contribution in [3.05, 3.63) is 0 Å². The predicted molar refractivity (Wildman–Crippen MR) is 124 cm³/mol. The predicted octanol–water partition coefficient (Wildman–Crippen LogP) is 5.83. The van der Waals surface area contributed by atoms with Gasteiger partial charge in [-0.05, 0) is 6.42 Å². The van der Waals surface area contributed by atoms with E-state index in [0.717, 1.165) is 19.3 Å². The number of unbranched alkanes of at least 4 members (excludes halogenated alkanes) is 17. The molecular formula is C25H50O5. The average molecular weight is 431 g/mol. The molecule has 5 nitrogen and oxygen atoms in total. The smallest absolute Gasteiger partial charge is 0.309 e. The molecule has 0 bridgehead atoms. The van der Waals surface area contributed by atoms with Crippen molar-refractivity contribution in [3.63, 3.8) is 0 Å². The standard InChI is InChI=1S/C25H50O5/c1-2-3-4-5-6-7-8-9-10-11-12-13-14-15-16-17-18-19-20-22(25(29)30)24(28)23(27)21-26/h22-24,26-28H,2-21H2,1H3,(H,29,30). The zero-order chi connectivity index (χ0) is 22.5. The minimum atomic E-state index is -1.40. The number of hydrogen-bond acceptors (Lipinski definition) is 4. The second-order valence-electron chi connectivity index (χ2n) is 8.98. The largest absolute Gasteiger partial charge is 0.481 e. The van der Waals surface area contributed by atoms with Crippen LogP contribution in [0.3, 0.4) is 0 Å². The summed E-state index contributed by atoms with van der Waals surface area (Å²) in [4.78, 5) is 11.2. The number of aliphatic carboxylic acids is 1. The van der Waals surface area contributed by atoms with Crippen LogP contribution in [-0.4, -0.2) is 45.2 Å². The molecule has 0 rings (SSSR count). The van der Waals surface area contributed by atoms with Crippen LogP contribution < -0.4 is 0 Å². The molecule has 5 heteroatoms. The Morgan fingerprint density at radius 1 is 0.633 bits per heavy atom. The number of aliphatic hydroxyl groups excluding tert-OH is 3. The minimum Gasteiger partial charge on any atom is -0.481 e. The Morgan fingerprint density at radius 2 is 0.967 bits per heavy atom. The molecule has 0 radical (unpaired) electrons. The molecule has 0 aromatic rings. The van der Waals surface area contributed by atoms with Crippen LogP contribution in [0.25, 0.3) is 0 Å². The van der Waals surface area contributed by atoms with E-state index in [1.54, 1.807) is 0 Å². The lowest BCUT2D eigenvalue weighted by Crippen LogP contribution is -2.39. The van der Waals surface area contributed by atoms with Gasteiger partial charge in [0.2, 0.25) is 0 Å². The maximum atomic E-state index is 11.2. The summed E-state index contributed by atoms with van der Waals surface area (Å²) in [6.07, 6.45) is 20.6. The van der Waals surface area contributed by atoms with E-state index in [1.807, 2.05) is 0 Å². The number of aliphatic hydroxyl groups is 3. The molecule has 0 saturated carbocycles. The first kappa shape index (κ1) is 29.4. The first-order valence-electron chi connectivity index (χ1n) is 12.7. The first-order chi connectivity index (χ1) is 14.5. The van der Waals surface area contributed by atoms with Crippen LogP contribution in [0, 0.1) is 5.92 Å². The Hall–Kier alpha value is -0.650. The van der Waals surface area contributed by atoms with Crippen LogP contribution in [0.2, 0.25) is 0 Å². The molecule has 0 aliphatic heterocycles. The molecule has 0 aliphatic rings. The van der Waals surface area contributed by atoms with Crippen LogP contribution in [0.15, 0.2) is 0 Å². The summed E-state index contributed by atoms with van der Waals surface area (Å²) >= 11 is 0. The van der Waals surface area contributed by atoms with E-state index >= 15 is 0 Å². The van der Waals surface area contributed by atoms with Crippen LogP contribution in [0.1, 0.15) is 129 Å². The Balaban J connectivity index is 3.39. The molecule has 0 spiro atoms. The summed E-state index contributed by atoms with van der Waals surface area (Å²) in [6, 6.07) is 0. The summed E-state index contributed by atoms with van der Waals surface area (Å²) in [6.45, 7) is 1.64. The van der Waals surface area contributed by atoms with E-state index < -0.39 is 30.7 Å². The fourth-order valence-corrected chi connectivity index (χ4v) is 4.08. The van der Waals surface area contributed by atoms with Gasteiger partial charge in [-0.2, -0.15) is 0 Å². The van der Waals surface area contributed by atoms with Gasteiger partial charge in [-0.3, -0.25) is 4.79 Å². The summed E-state index contributed by atoms with van der Waals surface area (Å²) < 4.78 is 0. The molecule has 0 aromatic carbocycles. The van der Waals surface area contributed by atoms with Crippen molar-refractivity contribution in [2.24, 2.45) is 5.92 Å². The van der Waals surface area contributed by atoms with Crippen molar-refractivity contribution >= 4 is 5.97 Å². The summed E-state index contributed by atoms with van der Waals surface area (Å²) in [5.74, 6) is -2.12. The quantitative estimate of drug-likeness (QED) is 0.153. The number of carboxylic acid groups (broad SMARTS) is 1. The fourth-order valence-electron chi connectivity index (χ4n) is 4.08. The van der Waals surface area contributed by atoms with Gasteiger partial charge in [0.05, 0.1) is 18.6 Å². The minimum absolute atomic E-state index is 0.340. The molecule has 0 saturated heterocycles. The van der Waals surface area contributed by atoms with Gasteiger partial charge in [-0.1, -0.05) is 122 Å². The van der Waals surface area contributed by atoms with Gasteiger partial charge in [-0.25, -0.2) is 0 Å². The third-order valence-corrected chi connectivity index (χ3v) is 6.18. The molecule has 0 amide bonds. The SMILES string of the molecule is CCCCCCCCCCCCCCCCCCCCC(C(=O)O)C(O)C(O)CO. The highest BCUT2D eigenvalue weighted by molar-refractivity contribution is 5.70. The van der Waals surface area contributed by atoms with E-state index in [9.17, 15) is 20.1 Å². The molecule has 180 valence electrons. The normalized spacial score (nSPS) is 14.5. The van der Waals surface area contributed by atoms with Crippen molar-refractivity contribution in [2.75, 3.05) is 6.61 Å². The topological polar surface area (TPSA) is 98.0 Å². The van der Waals surface area contributed by atoms with Crippen LogP contribution in [0.5, 0.6) is 0 Å². The van der Waals surface area contributed by atoms with E-state index in [2.05, 4.69) is 6.92 Å². The van der Waals surface area contributed by atoms with Crippen LogP contribution in [-0.2, 0) is 4.79 Å². The lowest BCUT2D eigenvalue weighted by molar-refractivity contribution is -0.150. The number of carboxylic acids is 1. The lowest BCUT2D eigenvalue weighted by Gasteiger charge is -2.22. The van der Waals surface area contributed by atoms with Gasteiger partial charge in [0.25, 0.3) is 0 Å². The van der Waals surface area contributed by atoms with Crippen molar-refractivity contribution in [1.29, 1.82) is 0 Å². The van der Waals surface area contributed by atoms with Gasteiger partial charge < -0.3 is 20.4 Å². The summed E-state index contributed by atoms with van der Waals surface area (Å²) in [7, 11) is 0. The maximum Gasteiger partial charge on any atom is 0.309 e. The Bertz CT molecular complexity index is 375. The Kier molecular flexibility index (Phi) is 21.1. The van der Waals surface area contributed by atoms with Crippen molar-refractivity contribution in [3.8, 4) is 0 Å². The molecule has 4 N–H and O–H groups in total. The zero-order valence-corrected chi connectivity index (χ0v) is 19.6. The van der Waals surface area contributed by atoms with Gasteiger partial charge in [0.15, 0.2) is 0 Å². The van der Waals surface area contributed by atoms with Gasteiger partial charge >= 0.3 is 5.97 Å². The summed E-state index contributed by atoms with van der Waals surface area (Å²) in [5, 5.41) is 37.3. The van der Waals surface area contributed by atoms with E-state index in [4.69, 9.17) is 5.11 Å². The number of rotatable bonds is 23. The summed E-state index contributed by atoms with van der Waals surface area (Å²) in [5.41, 5.74) is 0. The second kappa shape index (κ2) is 21.6. The number of hydrogen-bond donors (Lipinski definition) is 4. The molecule has 0 aromatic heterocycles. The van der Waals surface area contributed by atoms with Crippen molar-refractivity contribution in [2.45, 2.75) is 141 Å². The first-order valence-corrected chi connectivity index (χ1v) is 12.7. The van der Waals surface area contributed by atoms with Crippen molar-refractivity contribution in [1.82, 2.24) is 0 Å². The molecule has 0 heterocycles. The highest BCUT2D eigenvalue weighted by Crippen LogP contribution is 2.19. The molecule has 0 aliphatic carbocycles. The maximum absolute atomic E-state index is 11.2. The number of carbonyl (C=O) groups is 1. The van der Waals surface area contributed by atoms with Gasteiger partial charge in [-0.15, -0.1) is 0 Å². The Labute approximate surface area is 185 Å². The van der Waals surface area contributed by atoms with E-state index in [-0.39, 0.29) is 0 Å². The molecule has 0 fully saturated rings. The van der Waals surface area contributed by atoms with Crippen molar-refractivity contribution < 1.29 is 25.2 Å². The van der Waals surface area contributed by atoms with Gasteiger partial charge in [0, 0.05) is 0 Å². The molecular weight excluding hydrogens is 380 g/mol.